The number of carbonyl (C=O) groups excluding carboxylic acids is 1. The van der Waals surface area contributed by atoms with Crippen LogP contribution < -0.4 is 11.1 Å². The normalized spacial score (nSPS) is 17.8. The lowest BCUT2D eigenvalue weighted by atomic mass is 10.1. The molecule has 2 aromatic rings. The predicted molar refractivity (Wildman–Crippen MR) is 95.4 cm³/mol. The van der Waals surface area contributed by atoms with Crippen molar-refractivity contribution in [2.75, 3.05) is 11.9 Å². The molecule has 0 saturated carbocycles. The molecule has 1 unspecified atom stereocenters. The second kappa shape index (κ2) is 7.55. The van der Waals surface area contributed by atoms with Crippen LogP contribution in [0, 0.1) is 6.92 Å². The molecule has 2 heterocycles. The highest BCUT2D eigenvalue weighted by atomic mass is 16.2. The molecule has 126 valence electrons. The Kier molecular flexibility index (Phi) is 5.23. The molecule has 24 heavy (non-hydrogen) atoms. The predicted octanol–water partition coefficient (Wildman–Crippen LogP) is 2.45. The molecule has 1 aromatic carbocycles. The van der Waals surface area contributed by atoms with E-state index in [-0.39, 0.29) is 11.9 Å². The number of carbonyl (C=O) groups is 1. The zero-order valence-electron chi connectivity index (χ0n) is 14.0. The monoisotopic (exact) mass is 324 g/mol. The van der Waals surface area contributed by atoms with E-state index in [1.165, 1.54) is 0 Å². The van der Waals surface area contributed by atoms with E-state index in [0.29, 0.717) is 13.1 Å². The zero-order chi connectivity index (χ0) is 16.9. The quantitative estimate of drug-likeness (QED) is 0.886. The maximum Gasteiger partial charge on any atom is 0.241 e. The number of nitrogens with one attached hydrogen (secondary N) is 1. The van der Waals surface area contributed by atoms with Crippen LogP contribution in [0.15, 0.2) is 42.6 Å². The van der Waals surface area contributed by atoms with Crippen LogP contribution in [-0.4, -0.2) is 28.4 Å². The van der Waals surface area contributed by atoms with Crippen molar-refractivity contribution in [2.45, 2.75) is 38.9 Å². The number of anilines is 1. The molecular weight excluding hydrogens is 300 g/mol. The minimum absolute atomic E-state index is 0.0528. The fourth-order valence-electron chi connectivity index (χ4n) is 3.29. The minimum atomic E-state index is -0.103. The number of nitrogens with two attached hydrogens (primary N) is 1. The average Bonchev–Trinajstić information content (AvgIpc) is 3.03. The largest absolute Gasteiger partial charge is 0.326 e. The van der Waals surface area contributed by atoms with Crippen LogP contribution in [0.1, 0.15) is 29.7 Å². The number of pyridine rings is 1. The third-order valence-electron chi connectivity index (χ3n) is 4.40. The van der Waals surface area contributed by atoms with Gasteiger partial charge in [0.1, 0.15) is 0 Å². The van der Waals surface area contributed by atoms with Gasteiger partial charge in [0.2, 0.25) is 5.91 Å². The number of benzene rings is 1. The first-order valence-electron chi connectivity index (χ1n) is 8.41. The SMILES string of the molecule is Cc1cc(CN)cc(NC(=O)C2CCCN2Cc2ccccn2)c1. The standard InChI is InChI=1S/C19H24N4O/c1-14-9-15(12-20)11-17(10-14)22-19(24)18-6-4-8-23(18)13-16-5-2-3-7-21-16/h2-3,5,7,9-11,18H,4,6,8,12-13,20H2,1H3,(H,22,24). The fraction of sp³-hybridized carbons (Fsp3) is 0.368. The van der Waals surface area contributed by atoms with Crippen LogP contribution in [0.4, 0.5) is 5.69 Å². The van der Waals surface area contributed by atoms with E-state index in [9.17, 15) is 4.79 Å². The van der Waals surface area contributed by atoms with E-state index in [4.69, 9.17) is 5.73 Å². The Morgan fingerprint density at radius 2 is 2.25 bits per heavy atom. The first kappa shape index (κ1) is 16.6. The lowest BCUT2D eigenvalue weighted by molar-refractivity contribution is -0.120. The van der Waals surface area contributed by atoms with E-state index in [1.807, 2.05) is 43.3 Å². The lowest BCUT2D eigenvalue weighted by Gasteiger charge is -2.23. The highest BCUT2D eigenvalue weighted by molar-refractivity contribution is 5.95. The van der Waals surface area contributed by atoms with Crippen LogP contribution >= 0.6 is 0 Å². The Morgan fingerprint density at radius 1 is 1.38 bits per heavy atom. The number of aryl methyl sites for hydroxylation is 1. The van der Waals surface area contributed by atoms with Gasteiger partial charge in [-0.1, -0.05) is 12.1 Å². The van der Waals surface area contributed by atoms with Gasteiger partial charge in [0.15, 0.2) is 0 Å². The van der Waals surface area contributed by atoms with Gasteiger partial charge >= 0.3 is 0 Å². The average molecular weight is 324 g/mol. The lowest BCUT2D eigenvalue weighted by Crippen LogP contribution is -2.39. The van der Waals surface area contributed by atoms with Gasteiger partial charge in [-0.05, 0) is 61.7 Å². The van der Waals surface area contributed by atoms with Crippen molar-refractivity contribution in [2.24, 2.45) is 5.73 Å². The molecule has 5 nitrogen and oxygen atoms in total. The second-order valence-corrected chi connectivity index (χ2v) is 6.35. The molecule has 0 aliphatic carbocycles. The van der Waals surface area contributed by atoms with Crippen molar-refractivity contribution in [1.82, 2.24) is 9.88 Å². The van der Waals surface area contributed by atoms with E-state index in [0.717, 1.165) is 41.9 Å². The van der Waals surface area contributed by atoms with Crippen molar-refractivity contribution in [3.05, 3.63) is 59.4 Å². The van der Waals surface area contributed by atoms with E-state index < -0.39 is 0 Å². The van der Waals surface area contributed by atoms with E-state index >= 15 is 0 Å². The van der Waals surface area contributed by atoms with Crippen LogP contribution in [0.3, 0.4) is 0 Å². The highest BCUT2D eigenvalue weighted by Crippen LogP contribution is 2.22. The summed E-state index contributed by atoms with van der Waals surface area (Å²) in [6.07, 6.45) is 3.71. The number of hydrogen-bond acceptors (Lipinski definition) is 4. The van der Waals surface area contributed by atoms with Crippen LogP contribution in [0.25, 0.3) is 0 Å². The van der Waals surface area contributed by atoms with Crippen LogP contribution in [-0.2, 0) is 17.9 Å². The maximum absolute atomic E-state index is 12.7. The molecule has 1 atom stereocenters. The van der Waals surface area contributed by atoms with Gasteiger partial charge in [0, 0.05) is 25.0 Å². The Morgan fingerprint density at radius 3 is 3.00 bits per heavy atom. The summed E-state index contributed by atoms with van der Waals surface area (Å²) in [5.41, 5.74) is 9.67. The van der Waals surface area contributed by atoms with Gasteiger partial charge in [-0.2, -0.15) is 0 Å². The third-order valence-corrected chi connectivity index (χ3v) is 4.40. The van der Waals surface area contributed by atoms with Gasteiger partial charge in [0.25, 0.3) is 0 Å². The van der Waals surface area contributed by atoms with Gasteiger partial charge in [-0.3, -0.25) is 14.7 Å². The topological polar surface area (TPSA) is 71.2 Å². The third kappa shape index (κ3) is 3.99. The molecule has 1 saturated heterocycles. The highest BCUT2D eigenvalue weighted by Gasteiger charge is 2.30. The Balaban J connectivity index is 1.68. The first-order valence-corrected chi connectivity index (χ1v) is 8.41. The molecule has 1 aromatic heterocycles. The second-order valence-electron chi connectivity index (χ2n) is 6.35. The molecule has 0 radical (unpaired) electrons. The van der Waals surface area contributed by atoms with Gasteiger partial charge < -0.3 is 11.1 Å². The molecule has 1 fully saturated rings. The van der Waals surface area contributed by atoms with Gasteiger partial charge in [-0.15, -0.1) is 0 Å². The fourth-order valence-corrected chi connectivity index (χ4v) is 3.29. The first-order chi connectivity index (χ1) is 11.7. The van der Waals surface area contributed by atoms with Crippen molar-refractivity contribution in [3.8, 4) is 0 Å². The minimum Gasteiger partial charge on any atom is -0.326 e. The summed E-state index contributed by atoms with van der Waals surface area (Å²) < 4.78 is 0. The summed E-state index contributed by atoms with van der Waals surface area (Å²) in [6, 6.07) is 11.8. The molecule has 3 rings (SSSR count). The zero-order valence-corrected chi connectivity index (χ0v) is 14.0. The number of likely N-dealkylation sites (tertiary alicyclic amines) is 1. The van der Waals surface area contributed by atoms with Crippen LogP contribution in [0.5, 0.6) is 0 Å². The number of rotatable bonds is 5. The molecule has 0 spiro atoms. The number of aromatic nitrogens is 1. The summed E-state index contributed by atoms with van der Waals surface area (Å²) in [4.78, 5) is 19.3. The van der Waals surface area contributed by atoms with Gasteiger partial charge in [0.05, 0.1) is 11.7 Å². The number of nitrogens with zero attached hydrogens (tertiary/aromatic N) is 2. The summed E-state index contributed by atoms with van der Waals surface area (Å²) in [6.45, 7) is 4.12. The Hall–Kier alpha value is -2.24. The van der Waals surface area contributed by atoms with Crippen molar-refractivity contribution >= 4 is 11.6 Å². The summed E-state index contributed by atoms with van der Waals surface area (Å²) in [5, 5.41) is 3.06. The van der Waals surface area contributed by atoms with Crippen molar-refractivity contribution in [1.29, 1.82) is 0 Å². The Labute approximate surface area is 142 Å². The van der Waals surface area contributed by atoms with Crippen LogP contribution in [0.2, 0.25) is 0 Å². The van der Waals surface area contributed by atoms with Gasteiger partial charge in [-0.25, -0.2) is 0 Å². The van der Waals surface area contributed by atoms with Crippen molar-refractivity contribution < 1.29 is 4.79 Å². The molecule has 1 amide bonds. The van der Waals surface area contributed by atoms with Crippen molar-refractivity contribution in [3.63, 3.8) is 0 Å². The van der Waals surface area contributed by atoms with E-state index in [2.05, 4.69) is 15.2 Å². The molecule has 3 N–H and O–H groups in total. The summed E-state index contributed by atoms with van der Waals surface area (Å²) in [7, 11) is 0. The Bertz CT molecular complexity index is 702. The van der Waals surface area contributed by atoms with E-state index in [1.54, 1.807) is 6.20 Å². The number of amides is 1. The maximum atomic E-state index is 12.7. The molecule has 1 aliphatic heterocycles. The smallest absolute Gasteiger partial charge is 0.241 e. The molecule has 1 aliphatic rings. The summed E-state index contributed by atoms with van der Waals surface area (Å²) >= 11 is 0. The molecule has 5 heteroatoms. The molecular formula is C19H24N4O. The number of hydrogen-bond donors (Lipinski definition) is 2. The summed E-state index contributed by atoms with van der Waals surface area (Å²) in [5.74, 6) is 0.0528. The molecule has 0 bridgehead atoms.